The Kier molecular flexibility index (Phi) is 3.53. The Morgan fingerprint density at radius 2 is 2.42 bits per heavy atom. The van der Waals surface area contributed by atoms with Gasteiger partial charge in [0.2, 0.25) is 0 Å². The van der Waals surface area contributed by atoms with Crippen LogP contribution in [0.25, 0.3) is 0 Å². The summed E-state index contributed by atoms with van der Waals surface area (Å²) in [6.07, 6.45) is 3.35. The first-order chi connectivity index (χ1) is 5.77. The standard InChI is InChI=1S/C9H17NO2/c1-3-4-7-5-8(10-6-7)9(11)12-2/h7-8,10H,3-6H2,1-2H3/t7-,8?/m0/s1. The van der Waals surface area contributed by atoms with Gasteiger partial charge < -0.3 is 10.1 Å². The average Bonchev–Trinajstić information content (AvgIpc) is 2.52. The topological polar surface area (TPSA) is 38.3 Å². The second-order valence-electron chi connectivity index (χ2n) is 3.37. The Bertz CT molecular complexity index is 159. The van der Waals surface area contributed by atoms with Crippen molar-refractivity contribution in [1.82, 2.24) is 5.32 Å². The Balaban J connectivity index is 2.30. The maximum absolute atomic E-state index is 11.1. The minimum atomic E-state index is -0.117. The van der Waals surface area contributed by atoms with E-state index in [1.807, 2.05) is 0 Å². The highest BCUT2D eigenvalue weighted by molar-refractivity contribution is 5.75. The van der Waals surface area contributed by atoms with Crippen molar-refractivity contribution in [3.63, 3.8) is 0 Å². The van der Waals surface area contributed by atoms with Gasteiger partial charge in [-0.3, -0.25) is 4.79 Å². The molecular formula is C9H17NO2. The van der Waals surface area contributed by atoms with E-state index in [-0.39, 0.29) is 12.0 Å². The van der Waals surface area contributed by atoms with Crippen LogP contribution < -0.4 is 5.32 Å². The van der Waals surface area contributed by atoms with Crippen molar-refractivity contribution in [2.75, 3.05) is 13.7 Å². The van der Waals surface area contributed by atoms with E-state index in [9.17, 15) is 4.79 Å². The molecule has 1 unspecified atom stereocenters. The number of rotatable bonds is 3. The van der Waals surface area contributed by atoms with Gasteiger partial charge in [-0.25, -0.2) is 0 Å². The first kappa shape index (κ1) is 9.52. The first-order valence-corrected chi connectivity index (χ1v) is 4.59. The Morgan fingerprint density at radius 3 is 3.00 bits per heavy atom. The van der Waals surface area contributed by atoms with Crippen LogP contribution in [-0.2, 0) is 9.53 Å². The smallest absolute Gasteiger partial charge is 0.322 e. The fraction of sp³-hybridized carbons (Fsp3) is 0.889. The summed E-state index contributed by atoms with van der Waals surface area (Å²) < 4.78 is 4.66. The molecule has 1 aliphatic rings. The number of ether oxygens (including phenoxy) is 1. The summed E-state index contributed by atoms with van der Waals surface area (Å²) in [5.41, 5.74) is 0. The molecule has 2 atom stereocenters. The molecule has 0 radical (unpaired) electrons. The molecule has 1 fully saturated rings. The van der Waals surface area contributed by atoms with Gasteiger partial charge in [0.25, 0.3) is 0 Å². The Morgan fingerprint density at radius 1 is 1.67 bits per heavy atom. The molecule has 0 bridgehead atoms. The van der Waals surface area contributed by atoms with Crippen LogP contribution in [0.15, 0.2) is 0 Å². The van der Waals surface area contributed by atoms with E-state index in [2.05, 4.69) is 17.0 Å². The SMILES string of the molecule is CCC[C@@H]1CNC(C(=O)OC)C1. The van der Waals surface area contributed by atoms with Crippen LogP contribution in [-0.4, -0.2) is 25.7 Å². The van der Waals surface area contributed by atoms with E-state index in [0.717, 1.165) is 13.0 Å². The average molecular weight is 171 g/mol. The van der Waals surface area contributed by atoms with Gasteiger partial charge in [0.05, 0.1) is 7.11 Å². The summed E-state index contributed by atoms with van der Waals surface area (Å²) in [6, 6.07) is -0.0495. The largest absolute Gasteiger partial charge is 0.468 e. The molecule has 1 heterocycles. The molecule has 1 rings (SSSR count). The van der Waals surface area contributed by atoms with Crippen LogP contribution in [0.2, 0.25) is 0 Å². The van der Waals surface area contributed by atoms with Crippen molar-refractivity contribution >= 4 is 5.97 Å². The van der Waals surface area contributed by atoms with E-state index >= 15 is 0 Å². The van der Waals surface area contributed by atoms with E-state index in [1.165, 1.54) is 20.0 Å². The zero-order valence-electron chi connectivity index (χ0n) is 7.80. The van der Waals surface area contributed by atoms with Gasteiger partial charge in [0, 0.05) is 0 Å². The first-order valence-electron chi connectivity index (χ1n) is 4.59. The molecular weight excluding hydrogens is 154 g/mol. The lowest BCUT2D eigenvalue weighted by Crippen LogP contribution is -2.31. The van der Waals surface area contributed by atoms with Crippen LogP contribution in [0.3, 0.4) is 0 Å². The van der Waals surface area contributed by atoms with Crippen molar-refractivity contribution in [2.45, 2.75) is 32.2 Å². The molecule has 12 heavy (non-hydrogen) atoms. The van der Waals surface area contributed by atoms with Crippen LogP contribution in [0, 0.1) is 5.92 Å². The van der Waals surface area contributed by atoms with Gasteiger partial charge in [-0.1, -0.05) is 13.3 Å². The number of carbonyl (C=O) groups is 1. The van der Waals surface area contributed by atoms with Crippen molar-refractivity contribution in [3.05, 3.63) is 0 Å². The molecule has 70 valence electrons. The third kappa shape index (κ3) is 2.21. The zero-order chi connectivity index (χ0) is 8.97. The highest BCUT2D eigenvalue weighted by Gasteiger charge is 2.29. The predicted molar refractivity (Wildman–Crippen MR) is 46.8 cm³/mol. The number of hydrogen-bond acceptors (Lipinski definition) is 3. The lowest BCUT2D eigenvalue weighted by Gasteiger charge is -2.06. The van der Waals surface area contributed by atoms with Gasteiger partial charge >= 0.3 is 5.97 Å². The van der Waals surface area contributed by atoms with Crippen molar-refractivity contribution < 1.29 is 9.53 Å². The Labute approximate surface area is 73.5 Å². The van der Waals surface area contributed by atoms with Crippen LogP contribution in [0.4, 0.5) is 0 Å². The minimum absolute atomic E-state index is 0.0495. The molecule has 1 saturated heterocycles. The second-order valence-corrected chi connectivity index (χ2v) is 3.37. The molecule has 0 aromatic carbocycles. The van der Waals surface area contributed by atoms with Crippen LogP contribution in [0.1, 0.15) is 26.2 Å². The molecule has 3 nitrogen and oxygen atoms in total. The molecule has 0 spiro atoms. The normalized spacial score (nSPS) is 28.8. The van der Waals surface area contributed by atoms with Gasteiger partial charge in [-0.2, -0.15) is 0 Å². The summed E-state index contributed by atoms with van der Waals surface area (Å²) in [7, 11) is 1.44. The number of esters is 1. The third-order valence-electron chi connectivity index (χ3n) is 2.40. The van der Waals surface area contributed by atoms with Crippen molar-refractivity contribution in [1.29, 1.82) is 0 Å². The zero-order valence-corrected chi connectivity index (χ0v) is 7.80. The highest BCUT2D eigenvalue weighted by atomic mass is 16.5. The minimum Gasteiger partial charge on any atom is -0.468 e. The van der Waals surface area contributed by atoms with Crippen LogP contribution >= 0.6 is 0 Å². The summed E-state index contributed by atoms with van der Waals surface area (Å²) >= 11 is 0. The highest BCUT2D eigenvalue weighted by Crippen LogP contribution is 2.19. The fourth-order valence-electron chi connectivity index (χ4n) is 1.76. The van der Waals surface area contributed by atoms with Crippen LogP contribution in [0.5, 0.6) is 0 Å². The summed E-state index contributed by atoms with van der Waals surface area (Å²) in [5, 5.41) is 3.17. The number of hydrogen-bond donors (Lipinski definition) is 1. The molecule has 0 aromatic heterocycles. The lowest BCUT2D eigenvalue weighted by atomic mass is 10.0. The lowest BCUT2D eigenvalue weighted by molar-refractivity contribution is -0.142. The van der Waals surface area contributed by atoms with Gasteiger partial charge in [0.1, 0.15) is 6.04 Å². The molecule has 1 aliphatic heterocycles. The molecule has 0 aromatic rings. The predicted octanol–water partition coefficient (Wildman–Crippen LogP) is 0.938. The summed E-state index contributed by atoms with van der Waals surface area (Å²) in [4.78, 5) is 11.1. The maximum Gasteiger partial charge on any atom is 0.322 e. The number of methoxy groups -OCH3 is 1. The Hall–Kier alpha value is -0.570. The number of nitrogens with one attached hydrogen (secondary N) is 1. The van der Waals surface area contributed by atoms with E-state index in [4.69, 9.17) is 0 Å². The van der Waals surface area contributed by atoms with Gasteiger partial charge in [-0.15, -0.1) is 0 Å². The van der Waals surface area contributed by atoms with E-state index in [0.29, 0.717) is 5.92 Å². The van der Waals surface area contributed by atoms with E-state index < -0.39 is 0 Å². The molecule has 0 amide bonds. The second kappa shape index (κ2) is 4.45. The van der Waals surface area contributed by atoms with Gasteiger partial charge in [-0.05, 0) is 25.3 Å². The molecule has 3 heteroatoms. The van der Waals surface area contributed by atoms with Crippen molar-refractivity contribution in [3.8, 4) is 0 Å². The molecule has 0 saturated carbocycles. The quantitative estimate of drug-likeness (QED) is 0.642. The third-order valence-corrected chi connectivity index (χ3v) is 2.40. The monoisotopic (exact) mass is 171 g/mol. The van der Waals surface area contributed by atoms with Gasteiger partial charge in [0.15, 0.2) is 0 Å². The molecule has 0 aliphatic carbocycles. The van der Waals surface area contributed by atoms with Crippen molar-refractivity contribution in [2.24, 2.45) is 5.92 Å². The maximum atomic E-state index is 11.1. The van der Waals surface area contributed by atoms with E-state index in [1.54, 1.807) is 0 Å². The summed E-state index contributed by atoms with van der Waals surface area (Å²) in [5.74, 6) is 0.549. The summed E-state index contributed by atoms with van der Waals surface area (Å²) in [6.45, 7) is 3.14. The number of carbonyl (C=O) groups excluding carboxylic acids is 1. The molecule has 1 N–H and O–H groups in total. The fourth-order valence-corrected chi connectivity index (χ4v) is 1.76.